The van der Waals surface area contributed by atoms with Crippen molar-refractivity contribution >= 4 is 68.6 Å². The van der Waals surface area contributed by atoms with Gasteiger partial charge in [0.2, 0.25) is 0 Å². The normalized spacial score (nSPS) is 19.9. The van der Waals surface area contributed by atoms with Gasteiger partial charge < -0.3 is 10.6 Å². The third kappa shape index (κ3) is 2.39. The minimum Gasteiger partial charge on any atom is -0.320 e. The lowest BCUT2D eigenvalue weighted by Gasteiger charge is -2.19. The second-order valence-corrected chi connectivity index (χ2v) is 14.6. The molecule has 4 aromatic rings. The molecule has 0 bridgehead atoms. The maximum Gasteiger partial charge on any atom is 0.258 e. The summed E-state index contributed by atoms with van der Waals surface area (Å²) >= 11 is 6.86. The highest BCUT2D eigenvalue weighted by atomic mass is 32.1. The van der Waals surface area contributed by atoms with Crippen LogP contribution < -0.4 is 10.6 Å². The van der Waals surface area contributed by atoms with E-state index in [0.717, 1.165) is 9.75 Å². The summed E-state index contributed by atoms with van der Waals surface area (Å²) in [5.74, 6) is -0.412. The van der Waals surface area contributed by atoms with Crippen LogP contribution in [0.1, 0.15) is 59.7 Å². The largest absolute Gasteiger partial charge is 0.320 e. The zero-order chi connectivity index (χ0) is 24.7. The molecule has 8 rings (SSSR count). The molecule has 0 atom stereocenters. The maximum atomic E-state index is 13.3. The van der Waals surface area contributed by atoms with E-state index in [4.69, 9.17) is 0 Å². The SMILES string of the molecule is CC1(C)c2ccsc2-c2sc(C3=C4C(=O)NC(c5cc6c(s5)-c5sccc5C6(C)C)=C4C(=O)N3)cc21. The van der Waals surface area contributed by atoms with Crippen LogP contribution in [0.5, 0.6) is 0 Å². The number of rotatable bonds is 2. The Hall–Kier alpha value is -2.78. The summed E-state index contributed by atoms with van der Waals surface area (Å²) in [6, 6.07) is 8.76. The van der Waals surface area contributed by atoms with Crippen molar-refractivity contribution < 1.29 is 9.59 Å². The molecule has 2 amide bonds. The molecule has 2 aliphatic heterocycles. The highest BCUT2D eigenvalue weighted by molar-refractivity contribution is 7.23. The average molecular weight is 545 g/mol. The van der Waals surface area contributed by atoms with Crippen LogP contribution >= 0.6 is 45.3 Å². The van der Waals surface area contributed by atoms with Crippen molar-refractivity contribution in [3.63, 3.8) is 0 Å². The molecule has 0 unspecified atom stereocenters. The minimum atomic E-state index is -0.206. The van der Waals surface area contributed by atoms with Crippen LogP contribution in [0.25, 0.3) is 30.9 Å². The molecule has 36 heavy (non-hydrogen) atoms. The van der Waals surface area contributed by atoms with Crippen molar-refractivity contribution in [2.24, 2.45) is 0 Å². The highest BCUT2D eigenvalue weighted by Crippen LogP contribution is 2.57. The Labute approximate surface area is 224 Å². The van der Waals surface area contributed by atoms with Gasteiger partial charge in [0.1, 0.15) is 0 Å². The van der Waals surface area contributed by atoms with Crippen LogP contribution in [-0.2, 0) is 20.4 Å². The quantitative estimate of drug-likeness (QED) is 0.288. The first-order valence-corrected chi connectivity index (χ1v) is 15.1. The fraction of sp³-hybridized carbons (Fsp3) is 0.214. The van der Waals surface area contributed by atoms with Crippen molar-refractivity contribution in [1.82, 2.24) is 10.6 Å². The molecule has 0 saturated carbocycles. The lowest BCUT2D eigenvalue weighted by atomic mass is 9.84. The molecule has 0 fully saturated rings. The second kappa shape index (κ2) is 6.55. The average Bonchev–Trinajstić information content (AvgIpc) is 3.65. The molecule has 0 radical (unpaired) electrons. The molecule has 8 heteroatoms. The predicted octanol–water partition coefficient (Wildman–Crippen LogP) is 6.93. The van der Waals surface area contributed by atoms with Gasteiger partial charge in [-0.15, -0.1) is 45.3 Å². The Balaban J connectivity index is 1.28. The van der Waals surface area contributed by atoms with Gasteiger partial charge in [-0.05, 0) is 57.3 Å². The van der Waals surface area contributed by atoms with Crippen molar-refractivity contribution in [2.45, 2.75) is 38.5 Å². The Bertz CT molecular complexity index is 1650. The molecule has 2 N–H and O–H groups in total. The lowest BCUT2D eigenvalue weighted by molar-refractivity contribution is -0.117. The van der Waals surface area contributed by atoms with Crippen molar-refractivity contribution in [1.29, 1.82) is 0 Å². The number of nitrogens with one attached hydrogen (secondary N) is 2. The monoisotopic (exact) mass is 544 g/mol. The van der Waals surface area contributed by atoms with Gasteiger partial charge in [0.15, 0.2) is 0 Å². The van der Waals surface area contributed by atoms with Gasteiger partial charge in [-0.2, -0.15) is 0 Å². The molecule has 0 saturated heterocycles. The van der Waals surface area contributed by atoms with Gasteiger partial charge in [0.25, 0.3) is 11.8 Å². The number of amides is 2. The van der Waals surface area contributed by atoms with Crippen LogP contribution in [0.15, 0.2) is 46.2 Å². The van der Waals surface area contributed by atoms with Crippen LogP contribution in [-0.4, -0.2) is 11.8 Å². The molecule has 178 valence electrons. The lowest BCUT2D eigenvalue weighted by Crippen LogP contribution is -2.21. The van der Waals surface area contributed by atoms with Gasteiger partial charge >= 0.3 is 0 Å². The van der Waals surface area contributed by atoms with Crippen LogP contribution in [0.4, 0.5) is 0 Å². The van der Waals surface area contributed by atoms with E-state index in [9.17, 15) is 9.59 Å². The Morgan fingerprint density at radius 2 is 1.03 bits per heavy atom. The minimum absolute atomic E-state index is 0.0833. The Morgan fingerprint density at radius 1 is 0.611 bits per heavy atom. The van der Waals surface area contributed by atoms with Gasteiger partial charge in [-0.25, -0.2) is 0 Å². The van der Waals surface area contributed by atoms with E-state index in [2.05, 4.69) is 73.4 Å². The molecule has 0 aromatic carbocycles. The van der Waals surface area contributed by atoms with E-state index in [0.29, 0.717) is 22.5 Å². The van der Waals surface area contributed by atoms with Gasteiger partial charge in [-0.3, -0.25) is 9.59 Å². The van der Waals surface area contributed by atoms with Crippen LogP contribution in [0, 0.1) is 0 Å². The predicted molar refractivity (Wildman–Crippen MR) is 150 cm³/mol. The summed E-state index contributed by atoms with van der Waals surface area (Å²) in [6.07, 6.45) is 0. The first-order valence-electron chi connectivity index (χ1n) is 11.8. The Kier molecular flexibility index (Phi) is 3.88. The number of carbonyl (C=O) groups excluding carboxylic acids is 2. The fourth-order valence-electron chi connectivity index (χ4n) is 6.09. The van der Waals surface area contributed by atoms with Crippen LogP contribution in [0.3, 0.4) is 0 Å². The second-order valence-electron chi connectivity index (χ2n) is 10.7. The molecule has 6 heterocycles. The third-order valence-electron chi connectivity index (χ3n) is 8.07. The van der Waals surface area contributed by atoms with Crippen molar-refractivity contribution in [3.05, 3.63) is 78.2 Å². The number of hydrogen-bond donors (Lipinski definition) is 2. The highest BCUT2D eigenvalue weighted by Gasteiger charge is 2.45. The molecular formula is C28H20N2O2S4. The first-order chi connectivity index (χ1) is 17.2. The fourth-order valence-corrected chi connectivity index (χ4v) is 11.2. The van der Waals surface area contributed by atoms with Crippen molar-refractivity contribution in [3.8, 4) is 19.5 Å². The number of hydrogen-bond acceptors (Lipinski definition) is 6. The zero-order valence-corrected chi connectivity index (χ0v) is 23.2. The van der Waals surface area contributed by atoms with Gasteiger partial charge in [-0.1, -0.05) is 27.7 Å². The summed E-state index contributed by atoms with van der Waals surface area (Å²) in [5.41, 5.74) is 7.32. The Morgan fingerprint density at radius 3 is 1.44 bits per heavy atom. The van der Waals surface area contributed by atoms with E-state index < -0.39 is 0 Å². The standard InChI is InChI=1S/C28H20N2O2S4/c1-27(2)11-5-7-33-21(11)23-13(27)9-15(35-23)19-17-18(26(32)29-19)20(30-25(17)31)16-10-14-24(36-16)22-12(6-8-34-22)28(14,3)4/h5-10H,1-4H3,(H,29,32)(H,30,31). The van der Waals surface area contributed by atoms with Gasteiger partial charge in [0.05, 0.1) is 32.3 Å². The van der Waals surface area contributed by atoms with E-state index in [1.165, 1.54) is 41.8 Å². The molecular weight excluding hydrogens is 525 g/mol. The summed E-state index contributed by atoms with van der Waals surface area (Å²) in [6.45, 7) is 8.98. The number of fused-ring (bicyclic) bond motifs is 7. The molecule has 4 aliphatic rings. The summed E-state index contributed by atoms with van der Waals surface area (Å²) < 4.78 is 0. The molecule has 2 aliphatic carbocycles. The maximum absolute atomic E-state index is 13.3. The summed E-state index contributed by atoms with van der Waals surface area (Å²) in [5, 5.41) is 10.4. The third-order valence-corrected chi connectivity index (χ3v) is 12.5. The topological polar surface area (TPSA) is 58.2 Å². The molecule has 4 aromatic heterocycles. The molecule has 4 nitrogen and oxygen atoms in total. The number of thiophene rings is 4. The van der Waals surface area contributed by atoms with E-state index in [1.807, 2.05) is 0 Å². The zero-order valence-electron chi connectivity index (χ0n) is 19.9. The number of carbonyl (C=O) groups is 2. The smallest absolute Gasteiger partial charge is 0.258 e. The summed E-state index contributed by atoms with van der Waals surface area (Å²) in [4.78, 5) is 33.6. The first kappa shape index (κ1) is 21.3. The van der Waals surface area contributed by atoms with Crippen molar-refractivity contribution in [2.75, 3.05) is 0 Å². The van der Waals surface area contributed by atoms with E-state index in [1.54, 1.807) is 45.3 Å². The van der Waals surface area contributed by atoms with Crippen LogP contribution in [0.2, 0.25) is 0 Å². The summed E-state index contributed by atoms with van der Waals surface area (Å²) in [7, 11) is 0. The van der Waals surface area contributed by atoms with E-state index in [-0.39, 0.29) is 22.6 Å². The molecule has 0 spiro atoms. The van der Waals surface area contributed by atoms with Gasteiger partial charge in [0, 0.05) is 30.3 Å². The van der Waals surface area contributed by atoms with E-state index >= 15 is 0 Å².